The van der Waals surface area contributed by atoms with Crippen molar-refractivity contribution in [2.75, 3.05) is 0 Å². The zero-order valence-electron chi connectivity index (χ0n) is 8.91. The third-order valence-electron chi connectivity index (χ3n) is 1.17. The smallest absolute Gasteiger partial charge is 1.00 e. The maximum Gasteiger partial charge on any atom is 4.00 e. The minimum atomic E-state index is 0. The number of hydrogen-bond donors (Lipinski definition) is 0. The molecule has 78 valence electrons. The van der Waals surface area contributed by atoms with Crippen LogP contribution in [0.15, 0.2) is 42.5 Å². The van der Waals surface area contributed by atoms with E-state index in [-0.39, 0.29) is 38.6 Å². The Morgan fingerprint density at radius 3 is 1.47 bits per heavy atom. The van der Waals surface area contributed by atoms with E-state index in [4.69, 9.17) is 6.58 Å². The first kappa shape index (κ1) is 20.3. The van der Waals surface area contributed by atoms with Gasteiger partial charge in [-0.05, 0) is 0 Å². The maximum absolute atomic E-state index is 4.72. The summed E-state index contributed by atoms with van der Waals surface area (Å²) in [6.45, 7) is 6.50. The van der Waals surface area contributed by atoms with Gasteiger partial charge in [0.15, 0.2) is 0 Å². The van der Waals surface area contributed by atoms with Crippen LogP contribution in [0.5, 0.6) is 0 Å². The minimum Gasteiger partial charge on any atom is -1.00 e. The molecule has 0 N–H and O–H groups in total. The zero-order valence-corrected chi connectivity index (χ0v) is 12.1. The van der Waals surface area contributed by atoms with Gasteiger partial charge in [0.2, 0.25) is 0 Å². The molecular weight excluding hydrogens is 283 g/mol. The average molecular weight is 298 g/mol. The predicted molar refractivity (Wildman–Crippen MR) is 57.7 cm³/mol. The molecule has 0 atom stereocenters. The molecule has 0 bridgehead atoms. The fourth-order valence-electron chi connectivity index (χ4n) is 0.680. The van der Waals surface area contributed by atoms with Crippen molar-refractivity contribution in [2.45, 2.75) is 19.8 Å². The van der Waals surface area contributed by atoms with Crippen molar-refractivity contribution in [1.29, 1.82) is 0 Å². The van der Waals surface area contributed by atoms with Gasteiger partial charge in [-0.3, -0.25) is 18.2 Å². The molecule has 2 rings (SSSR count). The van der Waals surface area contributed by atoms with Gasteiger partial charge < -0.3 is 19.0 Å². The summed E-state index contributed by atoms with van der Waals surface area (Å²) in [7, 11) is 0. The maximum atomic E-state index is 4.72. The fourth-order valence-corrected chi connectivity index (χ4v) is 0.680. The Morgan fingerprint density at radius 2 is 1.40 bits per heavy atom. The zero-order chi connectivity index (χ0) is 9.78. The molecule has 0 saturated heterocycles. The molecule has 0 radical (unpaired) electrons. The summed E-state index contributed by atoms with van der Waals surface area (Å²) in [5.74, 6) is 0. The normalized spacial score (nSPS) is 12.6. The van der Waals surface area contributed by atoms with Gasteiger partial charge in [0.05, 0.1) is 0 Å². The molecule has 0 unspecified atom stereocenters. The van der Waals surface area contributed by atoms with Gasteiger partial charge in [0, 0.05) is 0 Å². The van der Waals surface area contributed by atoms with Gasteiger partial charge in [0.1, 0.15) is 0 Å². The molecule has 2 aliphatic rings. The molecule has 0 aliphatic heterocycles. The Labute approximate surface area is 119 Å². The summed E-state index contributed by atoms with van der Waals surface area (Å²) in [5.41, 5.74) is 0. The van der Waals surface area contributed by atoms with E-state index in [1.165, 1.54) is 6.08 Å². The Morgan fingerprint density at radius 1 is 1.07 bits per heavy atom. The number of rotatable bonds is 0. The van der Waals surface area contributed by atoms with E-state index >= 15 is 0 Å². The van der Waals surface area contributed by atoms with Crippen LogP contribution in [0, 0.1) is 18.7 Å². The third kappa shape index (κ3) is 20.1. The summed E-state index contributed by atoms with van der Waals surface area (Å²) in [6, 6.07) is 0. The number of allylic oxidation sites excluding steroid dienone is 9. The van der Waals surface area contributed by atoms with Gasteiger partial charge >= 0.3 is 26.2 Å². The van der Waals surface area contributed by atoms with E-state index in [1.54, 1.807) is 6.92 Å². The SMILES string of the molecule is [C-]1=CC=CC1.[C-]1=CC=CC1.[CH-]=CC.[Cl-].[Zr+4]. The van der Waals surface area contributed by atoms with Crippen LogP contribution in [-0.4, -0.2) is 0 Å². The molecule has 0 aromatic carbocycles. The molecule has 0 amide bonds. The van der Waals surface area contributed by atoms with Crippen molar-refractivity contribution in [2.24, 2.45) is 0 Å². The van der Waals surface area contributed by atoms with E-state index in [0.717, 1.165) is 12.8 Å². The van der Waals surface area contributed by atoms with E-state index < -0.39 is 0 Å². The molecular formula is C13H15ClZr. The van der Waals surface area contributed by atoms with Crippen LogP contribution in [-0.2, 0) is 26.2 Å². The standard InChI is InChI=1S/2C5H5.C3H5.ClH.Zr/c2*1-2-4-5-3-1;1-3-2;;/h2*1-3H,4H2;1,3H,2H3;1H;/q3*-1;;+4/p-1. The summed E-state index contributed by atoms with van der Waals surface area (Å²) < 4.78 is 0. The van der Waals surface area contributed by atoms with E-state index in [2.05, 4.69) is 24.3 Å². The summed E-state index contributed by atoms with van der Waals surface area (Å²) in [6.07, 6.45) is 21.5. The van der Waals surface area contributed by atoms with Gasteiger partial charge in [-0.15, -0.1) is 12.8 Å². The minimum absolute atomic E-state index is 0. The quantitative estimate of drug-likeness (QED) is 0.575. The number of halogens is 1. The van der Waals surface area contributed by atoms with Crippen LogP contribution in [0.3, 0.4) is 0 Å². The molecule has 0 spiro atoms. The third-order valence-corrected chi connectivity index (χ3v) is 1.17. The topological polar surface area (TPSA) is 0 Å². The van der Waals surface area contributed by atoms with E-state index in [9.17, 15) is 0 Å². The van der Waals surface area contributed by atoms with Crippen LogP contribution in [0.1, 0.15) is 19.8 Å². The Kier molecular flexibility index (Phi) is 26.3. The fraction of sp³-hybridized carbons (Fsp3) is 0.231. The predicted octanol–water partition coefficient (Wildman–Crippen LogP) is 0.608. The molecule has 0 saturated carbocycles. The molecule has 0 heterocycles. The average Bonchev–Trinajstić information content (AvgIpc) is 2.85. The van der Waals surface area contributed by atoms with Crippen molar-refractivity contribution >= 4 is 0 Å². The molecule has 0 aromatic heterocycles. The van der Waals surface area contributed by atoms with Crippen molar-refractivity contribution in [3.63, 3.8) is 0 Å². The molecule has 0 aromatic rings. The molecule has 15 heavy (non-hydrogen) atoms. The van der Waals surface area contributed by atoms with Crippen molar-refractivity contribution < 1.29 is 38.6 Å². The largest absolute Gasteiger partial charge is 4.00 e. The molecule has 2 heteroatoms. The van der Waals surface area contributed by atoms with Gasteiger partial charge in [-0.2, -0.15) is 12.2 Å². The van der Waals surface area contributed by atoms with Gasteiger partial charge in [0.25, 0.3) is 0 Å². The second-order valence-electron chi connectivity index (χ2n) is 2.34. The van der Waals surface area contributed by atoms with E-state index in [0.29, 0.717) is 0 Å². The van der Waals surface area contributed by atoms with Crippen LogP contribution in [0.25, 0.3) is 0 Å². The first-order valence-corrected chi connectivity index (χ1v) is 4.34. The van der Waals surface area contributed by atoms with E-state index in [1.807, 2.05) is 24.3 Å². The Hall–Kier alpha value is -0.127. The summed E-state index contributed by atoms with van der Waals surface area (Å²) in [4.78, 5) is 0. The van der Waals surface area contributed by atoms with Crippen molar-refractivity contribution in [1.82, 2.24) is 0 Å². The summed E-state index contributed by atoms with van der Waals surface area (Å²) in [5, 5.41) is 0. The Balaban J connectivity index is -0.000000140. The van der Waals surface area contributed by atoms with Crippen molar-refractivity contribution in [3.8, 4) is 0 Å². The van der Waals surface area contributed by atoms with Crippen molar-refractivity contribution in [3.05, 3.63) is 61.3 Å². The molecule has 2 aliphatic carbocycles. The molecule has 0 fully saturated rings. The van der Waals surface area contributed by atoms with Gasteiger partial charge in [-0.1, -0.05) is 6.92 Å². The number of hydrogen-bond acceptors (Lipinski definition) is 0. The summed E-state index contributed by atoms with van der Waals surface area (Å²) >= 11 is 0. The first-order chi connectivity index (χ1) is 6.41. The van der Waals surface area contributed by atoms with Crippen LogP contribution >= 0.6 is 0 Å². The monoisotopic (exact) mass is 296 g/mol. The van der Waals surface area contributed by atoms with Crippen LogP contribution in [0.4, 0.5) is 0 Å². The second kappa shape index (κ2) is 19.4. The first-order valence-electron chi connectivity index (χ1n) is 4.34. The molecule has 0 nitrogen and oxygen atoms in total. The second-order valence-corrected chi connectivity index (χ2v) is 2.34. The van der Waals surface area contributed by atoms with Crippen LogP contribution in [0.2, 0.25) is 0 Å². The Bertz CT molecular complexity index is 183. The van der Waals surface area contributed by atoms with Crippen LogP contribution < -0.4 is 12.4 Å². The van der Waals surface area contributed by atoms with Gasteiger partial charge in [-0.25, -0.2) is 24.3 Å².